The van der Waals surface area contributed by atoms with Crippen LogP contribution in [0.4, 0.5) is 17.6 Å². The SMILES string of the molecule is Cc1nn2c(-c3ccc(F)cc3)cc(-n3cccc3)nc2c1-c1ccc(OC(F)(F)F)cc1. The highest BCUT2D eigenvalue weighted by Crippen LogP contribution is 2.33. The minimum absolute atomic E-state index is 0.312. The Labute approximate surface area is 185 Å². The monoisotopic (exact) mass is 452 g/mol. The number of aromatic nitrogens is 4. The summed E-state index contributed by atoms with van der Waals surface area (Å²) in [6.07, 6.45) is -1.07. The van der Waals surface area contributed by atoms with E-state index in [1.165, 1.54) is 36.4 Å². The van der Waals surface area contributed by atoms with Crippen LogP contribution < -0.4 is 4.74 Å². The van der Waals surface area contributed by atoms with Crippen molar-refractivity contribution >= 4 is 5.65 Å². The molecule has 0 bridgehead atoms. The third-order valence-corrected chi connectivity index (χ3v) is 5.14. The van der Waals surface area contributed by atoms with E-state index in [0.717, 1.165) is 5.56 Å². The van der Waals surface area contributed by atoms with E-state index in [2.05, 4.69) is 9.84 Å². The molecule has 9 heteroatoms. The zero-order chi connectivity index (χ0) is 23.2. The predicted molar refractivity (Wildman–Crippen MR) is 115 cm³/mol. The molecule has 0 amide bonds. The zero-order valence-electron chi connectivity index (χ0n) is 17.2. The Morgan fingerprint density at radius 3 is 2.15 bits per heavy atom. The number of aryl methyl sites for hydroxylation is 1. The van der Waals surface area contributed by atoms with E-state index in [0.29, 0.717) is 34.0 Å². The minimum Gasteiger partial charge on any atom is -0.406 e. The molecule has 0 radical (unpaired) electrons. The first-order valence-corrected chi connectivity index (χ1v) is 9.94. The third-order valence-electron chi connectivity index (χ3n) is 5.14. The summed E-state index contributed by atoms with van der Waals surface area (Å²) in [7, 11) is 0. The van der Waals surface area contributed by atoms with Crippen LogP contribution in [0.3, 0.4) is 0 Å². The molecule has 0 aliphatic carbocycles. The molecule has 0 saturated heterocycles. The van der Waals surface area contributed by atoms with E-state index >= 15 is 0 Å². The number of halogens is 4. The van der Waals surface area contributed by atoms with Gasteiger partial charge in [0.25, 0.3) is 0 Å². The van der Waals surface area contributed by atoms with Crippen LogP contribution in [0.2, 0.25) is 0 Å². The Kier molecular flexibility index (Phi) is 4.88. The summed E-state index contributed by atoms with van der Waals surface area (Å²) in [5.41, 5.74) is 3.89. The number of ether oxygens (including phenoxy) is 1. The number of rotatable bonds is 4. The Bertz CT molecular complexity index is 1420. The molecule has 5 rings (SSSR count). The van der Waals surface area contributed by atoms with Crippen molar-refractivity contribution in [2.24, 2.45) is 0 Å². The molecule has 0 atom stereocenters. The standard InChI is InChI=1S/C24H16F4N4O/c1-15-22(17-6-10-19(11-7-17)33-24(26,27)28)23-29-21(31-12-2-3-13-31)14-20(32(23)30-15)16-4-8-18(25)9-5-16/h2-14H,1H3. The average Bonchev–Trinajstić information content (AvgIpc) is 3.41. The van der Waals surface area contributed by atoms with Gasteiger partial charge in [-0.25, -0.2) is 13.9 Å². The topological polar surface area (TPSA) is 44.4 Å². The smallest absolute Gasteiger partial charge is 0.406 e. The maximum Gasteiger partial charge on any atom is 0.573 e. The van der Waals surface area contributed by atoms with E-state index in [4.69, 9.17) is 4.98 Å². The second-order valence-corrected chi connectivity index (χ2v) is 7.36. The van der Waals surface area contributed by atoms with Gasteiger partial charge in [-0.15, -0.1) is 13.2 Å². The van der Waals surface area contributed by atoms with Crippen molar-refractivity contribution in [3.63, 3.8) is 0 Å². The molecule has 5 nitrogen and oxygen atoms in total. The molecular formula is C24H16F4N4O. The first kappa shape index (κ1) is 20.7. The minimum atomic E-state index is -4.76. The van der Waals surface area contributed by atoms with Crippen LogP contribution in [-0.2, 0) is 0 Å². The summed E-state index contributed by atoms with van der Waals surface area (Å²) >= 11 is 0. The summed E-state index contributed by atoms with van der Waals surface area (Å²) in [4.78, 5) is 4.78. The molecule has 3 heterocycles. The van der Waals surface area contributed by atoms with Crippen LogP contribution in [0.25, 0.3) is 33.8 Å². The second-order valence-electron chi connectivity index (χ2n) is 7.36. The molecule has 33 heavy (non-hydrogen) atoms. The molecule has 5 aromatic rings. The van der Waals surface area contributed by atoms with Crippen LogP contribution in [0.15, 0.2) is 79.1 Å². The molecule has 0 aliphatic rings. The van der Waals surface area contributed by atoms with Crippen molar-refractivity contribution < 1.29 is 22.3 Å². The van der Waals surface area contributed by atoms with Crippen molar-refractivity contribution in [2.45, 2.75) is 13.3 Å². The fraction of sp³-hybridized carbons (Fsp3) is 0.0833. The van der Waals surface area contributed by atoms with Gasteiger partial charge >= 0.3 is 6.36 Å². The van der Waals surface area contributed by atoms with Gasteiger partial charge in [-0.1, -0.05) is 12.1 Å². The first-order chi connectivity index (χ1) is 15.8. The lowest BCUT2D eigenvalue weighted by Crippen LogP contribution is -2.16. The Morgan fingerprint density at radius 2 is 1.52 bits per heavy atom. The molecule has 0 aliphatic heterocycles. The summed E-state index contributed by atoms with van der Waals surface area (Å²) in [5.74, 6) is -0.0495. The fourth-order valence-electron chi connectivity index (χ4n) is 3.72. The number of alkyl halides is 3. The van der Waals surface area contributed by atoms with Gasteiger partial charge in [0.15, 0.2) is 5.65 Å². The maximum atomic E-state index is 13.5. The van der Waals surface area contributed by atoms with Gasteiger partial charge in [0.2, 0.25) is 0 Å². The Morgan fingerprint density at radius 1 is 0.879 bits per heavy atom. The van der Waals surface area contributed by atoms with E-state index in [1.807, 2.05) is 35.2 Å². The second kappa shape index (κ2) is 7.77. The molecule has 0 spiro atoms. The lowest BCUT2D eigenvalue weighted by molar-refractivity contribution is -0.274. The van der Waals surface area contributed by atoms with Crippen molar-refractivity contribution in [1.82, 2.24) is 19.2 Å². The normalized spacial score (nSPS) is 11.8. The van der Waals surface area contributed by atoms with Gasteiger partial charge in [0, 0.05) is 29.6 Å². The number of nitrogens with zero attached hydrogens (tertiary/aromatic N) is 4. The van der Waals surface area contributed by atoms with Crippen LogP contribution in [0, 0.1) is 12.7 Å². The maximum absolute atomic E-state index is 13.5. The summed E-state index contributed by atoms with van der Waals surface area (Å²) < 4.78 is 58.6. The number of fused-ring (bicyclic) bond motifs is 1. The Hall–Kier alpha value is -4.14. The van der Waals surface area contributed by atoms with Gasteiger partial charge in [-0.05, 0) is 61.0 Å². The van der Waals surface area contributed by atoms with Gasteiger partial charge in [-0.2, -0.15) is 5.10 Å². The number of benzene rings is 2. The molecule has 3 aromatic heterocycles. The fourth-order valence-corrected chi connectivity index (χ4v) is 3.72. The third kappa shape index (κ3) is 4.05. The quantitative estimate of drug-likeness (QED) is 0.305. The molecule has 0 N–H and O–H groups in total. The van der Waals surface area contributed by atoms with Crippen LogP contribution in [0.5, 0.6) is 5.75 Å². The largest absolute Gasteiger partial charge is 0.573 e. The molecular weight excluding hydrogens is 436 g/mol. The van der Waals surface area contributed by atoms with Gasteiger partial charge in [-0.3, -0.25) is 0 Å². The first-order valence-electron chi connectivity index (χ1n) is 9.94. The molecule has 2 aromatic carbocycles. The van der Waals surface area contributed by atoms with Crippen LogP contribution in [-0.4, -0.2) is 25.5 Å². The number of hydrogen-bond donors (Lipinski definition) is 0. The highest BCUT2D eigenvalue weighted by molar-refractivity contribution is 5.82. The molecule has 0 saturated carbocycles. The summed E-state index contributed by atoms with van der Waals surface area (Å²) in [5, 5.41) is 4.63. The molecule has 0 unspecified atom stereocenters. The van der Waals surface area contributed by atoms with Crippen molar-refractivity contribution in [3.05, 3.63) is 90.6 Å². The molecule has 0 fully saturated rings. The van der Waals surface area contributed by atoms with Crippen molar-refractivity contribution in [3.8, 4) is 34.0 Å². The highest BCUT2D eigenvalue weighted by Gasteiger charge is 2.31. The van der Waals surface area contributed by atoms with Crippen LogP contribution >= 0.6 is 0 Å². The average molecular weight is 452 g/mol. The van der Waals surface area contributed by atoms with E-state index in [9.17, 15) is 17.6 Å². The van der Waals surface area contributed by atoms with E-state index < -0.39 is 6.36 Å². The predicted octanol–water partition coefficient (Wildman–Crippen LogP) is 6.20. The zero-order valence-corrected chi connectivity index (χ0v) is 17.2. The van der Waals surface area contributed by atoms with Crippen LogP contribution in [0.1, 0.15) is 5.69 Å². The van der Waals surface area contributed by atoms with Crippen molar-refractivity contribution in [1.29, 1.82) is 0 Å². The van der Waals surface area contributed by atoms with E-state index in [-0.39, 0.29) is 11.6 Å². The Balaban J connectivity index is 1.70. The van der Waals surface area contributed by atoms with E-state index in [1.54, 1.807) is 23.6 Å². The molecule has 166 valence electrons. The van der Waals surface area contributed by atoms with Gasteiger partial charge in [0.05, 0.1) is 11.4 Å². The highest BCUT2D eigenvalue weighted by atomic mass is 19.4. The number of hydrogen-bond acceptors (Lipinski definition) is 3. The lowest BCUT2D eigenvalue weighted by Gasteiger charge is -2.11. The lowest BCUT2D eigenvalue weighted by atomic mass is 10.1. The van der Waals surface area contributed by atoms with Gasteiger partial charge < -0.3 is 9.30 Å². The van der Waals surface area contributed by atoms with Crippen molar-refractivity contribution in [2.75, 3.05) is 0 Å². The van der Waals surface area contributed by atoms with Gasteiger partial charge in [0.1, 0.15) is 17.4 Å². The summed E-state index contributed by atoms with van der Waals surface area (Å²) in [6.45, 7) is 1.80. The summed E-state index contributed by atoms with van der Waals surface area (Å²) in [6, 6.07) is 17.2.